The topological polar surface area (TPSA) is 91.8 Å². The zero-order chi connectivity index (χ0) is 23.5. The van der Waals surface area contributed by atoms with E-state index < -0.39 is 0 Å². The average molecular weight is 472 g/mol. The summed E-state index contributed by atoms with van der Waals surface area (Å²) in [6.45, 7) is 7.53. The fourth-order valence-corrected chi connectivity index (χ4v) is 3.80. The smallest absolute Gasteiger partial charge is 0.257 e. The van der Waals surface area contributed by atoms with Crippen molar-refractivity contribution in [3.05, 3.63) is 53.0 Å². The van der Waals surface area contributed by atoms with Crippen LogP contribution in [-0.2, 0) is 6.42 Å². The minimum Gasteiger partial charge on any atom is -0.494 e. The zero-order valence-corrected chi connectivity index (χ0v) is 19.9. The highest BCUT2D eigenvalue weighted by Crippen LogP contribution is 2.39. The molecular formula is C24H29N3O5S. The molecular weight excluding hydrogens is 442 g/mol. The maximum absolute atomic E-state index is 12.9. The maximum Gasteiger partial charge on any atom is 0.257 e. The molecule has 2 aromatic carbocycles. The third kappa shape index (κ3) is 7.08. The Morgan fingerprint density at radius 1 is 0.909 bits per heavy atom. The summed E-state index contributed by atoms with van der Waals surface area (Å²) in [7, 11) is 0. The molecule has 9 heteroatoms. The van der Waals surface area contributed by atoms with E-state index in [4.69, 9.17) is 18.9 Å². The molecule has 0 saturated carbocycles. The molecule has 0 saturated heterocycles. The number of amides is 1. The average Bonchev–Trinajstić information content (AvgIpc) is 3.26. The Labute approximate surface area is 197 Å². The van der Waals surface area contributed by atoms with Gasteiger partial charge in [0.2, 0.25) is 10.9 Å². The second-order valence-corrected chi connectivity index (χ2v) is 7.88. The number of aromatic nitrogens is 2. The maximum atomic E-state index is 12.9. The highest BCUT2D eigenvalue weighted by Gasteiger charge is 2.19. The second kappa shape index (κ2) is 12.6. The van der Waals surface area contributed by atoms with Crippen LogP contribution in [0.25, 0.3) is 0 Å². The molecule has 0 fully saturated rings. The molecule has 0 spiro atoms. The molecule has 3 rings (SSSR count). The quantitative estimate of drug-likeness (QED) is 0.351. The van der Waals surface area contributed by atoms with E-state index in [0.29, 0.717) is 60.8 Å². The fourth-order valence-electron chi connectivity index (χ4n) is 3.02. The largest absolute Gasteiger partial charge is 0.494 e. The molecule has 176 valence electrons. The lowest BCUT2D eigenvalue weighted by Gasteiger charge is -2.16. The number of nitrogens with one attached hydrogen (secondary N) is 1. The molecule has 1 N–H and O–H groups in total. The van der Waals surface area contributed by atoms with Crippen LogP contribution in [0.2, 0.25) is 0 Å². The van der Waals surface area contributed by atoms with Crippen LogP contribution in [0.1, 0.15) is 42.6 Å². The Hall–Kier alpha value is -3.33. The Morgan fingerprint density at radius 3 is 2.21 bits per heavy atom. The van der Waals surface area contributed by atoms with Crippen LogP contribution in [0.3, 0.4) is 0 Å². The number of carbonyl (C=O) groups excluding carboxylic acids is 1. The van der Waals surface area contributed by atoms with Crippen molar-refractivity contribution in [3.63, 3.8) is 0 Å². The summed E-state index contributed by atoms with van der Waals surface area (Å²) in [5.74, 6) is 1.94. The van der Waals surface area contributed by atoms with Crippen molar-refractivity contribution in [1.82, 2.24) is 10.2 Å². The number of ether oxygens (including phenoxy) is 4. The van der Waals surface area contributed by atoms with Crippen molar-refractivity contribution in [1.29, 1.82) is 0 Å². The van der Waals surface area contributed by atoms with Crippen LogP contribution in [0.5, 0.6) is 23.0 Å². The molecule has 3 aromatic rings. The van der Waals surface area contributed by atoms with Gasteiger partial charge < -0.3 is 18.9 Å². The molecule has 1 aromatic heterocycles. The summed E-state index contributed by atoms with van der Waals surface area (Å²) in [6, 6.07) is 13.0. The van der Waals surface area contributed by atoms with Gasteiger partial charge in [0, 0.05) is 12.0 Å². The van der Waals surface area contributed by atoms with Crippen molar-refractivity contribution < 1.29 is 23.7 Å². The van der Waals surface area contributed by atoms with E-state index in [-0.39, 0.29) is 5.91 Å². The van der Waals surface area contributed by atoms with E-state index in [2.05, 4.69) is 15.5 Å². The number of benzene rings is 2. The Morgan fingerprint density at radius 2 is 1.58 bits per heavy atom. The summed E-state index contributed by atoms with van der Waals surface area (Å²) in [6.07, 6.45) is 1.51. The number of hydrogen-bond donors (Lipinski definition) is 1. The number of rotatable bonds is 13. The van der Waals surface area contributed by atoms with E-state index in [0.717, 1.165) is 17.2 Å². The first-order valence-corrected chi connectivity index (χ1v) is 11.8. The minimum atomic E-state index is -0.324. The number of nitrogens with zero attached hydrogens (tertiary/aromatic N) is 2. The number of anilines is 1. The van der Waals surface area contributed by atoms with Crippen LogP contribution in [0.4, 0.5) is 5.13 Å². The lowest BCUT2D eigenvalue weighted by Crippen LogP contribution is -2.13. The summed E-state index contributed by atoms with van der Waals surface area (Å²) in [5.41, 5.74) is 0.387. The lowest BCUT2D eigenvalue weighted by molar-refractivity contribution is 0.102. The van der Waals surface area contributed by atoms with Gasteiger partial charge in [-0.1, -0.05) is 29.5 Å². The van der Waals surface area contributed by atoms with E-state index in [1.165, 1.54) is 11.3 Å². The number of para-hydroxylation sites is 1. The van der Waals surface area contributed by atoms with Crippen molar-refractivity contribution in [3.8, 4) is 23.0 Å². The number of aryl methyl sites for hydroxylation is 1. The van der Waals surface area contributed by atoms with Gasteiger partial charge in [-0.15, -0.1) is 10.2 Å². The number of carbonyl (C=O) groups is 1. The molecule has 8 nitrogen and oxygen atoms in total. The molecule has 0 aliphatic rings. The van der Waals surface area contributed by atoms with E-state index in [1.807, 2.05) is 51.1 Å². The third-order valence-electron chi connectivity index (χ3n) is 4.41. The molecule has 33 heavy (non-hydrogen) atoms. The molecule has 0 radical (unpaired) electrons. The van der Waals surface area contributed by atoms with Gasteiger partial charge in [-0.2, -0.15) is 0 Å². The summed E-state index contributed by atoms with van der Waals surface area (Å²) in [5, 5.41) is 12.3. The van der Waals surface area contributed by atoms with Gasteiger partial charge in [0.25, 0.3) is 5.91 Å². The normalized spacial score (nSPS) is 10.5. The highest BCUT2D eigenvalue weighted by atomic mass is 32.1. The van der Waals surface area contributed by atoms with Crippen LogP contribution in [0, 0.1) is 0 Å². The molecule has 0 aliphatic heterocycles. The molecule has 0 atom stereocenters. The molecule has 0 bridgehead atoms. The van der Waals surface area contributed by atoms with Crippen LogP contribution < -0.4 is 24.3 Å². The van der Waals surface area contributed by atoms with Gasteiger partial charge in [0.15, 0.2) is 11.5 Å². The first-order chi connectivity index (χ1) is 16.1. The van der Waals surface area contributed by atoms with Crippen LogP contribution in [-0.4, -0.2) is 42.5 Å². The van der Waals surface area contributed by atoms with Gasteiger partial charge in [-0.25, -0.2) is 0 Å². The summed E-state index contributed by atoms with van der Waals surface area (Å²) in [4.78, 5) is 12.9. The SMILES string of the molecule is CCOc1cc(C(=O)Nc2nnc(CCCOc3ccccc3)s2)cc(OCC)c1OCC. The summed E-state index contributed by atoms with van der Waals surface area (Å²) >= 11 is 1.35. The molecule has 0 aliphatic carbocycles. The minimum absolute atomic E-state index is 0.324. The second-order valence-electron chi connectivity index (χ2n) is 6.82. The number of hydrogen-bond acceptors (Lipinski definition) is 8. The standard InChI is InChI=1S/C24H29N3O5S/c1-4-29-19-15-17(16-20(30-5-2)22(19)31-6-3)23(28)25-24-27-26-21(33-24)13-10-14-32-18-11-8-7-9-12-18/h7-9,11-12,15-16H,4-6,10,13-14H2,1-3H3,(H,25,27,28). The third-order valence-corrected chi connectivity index (χ3v) is 5.30. The molecule has 1 heterocycles. The Bertz CT molecular complexity index is 999. The fraction of sp³-hybridized carbons (Fsp3) is 0.375. The van der Waals surface area contributed by atoms with Crippen molar-refractivity contribution in [2.24, 2.45) is 0 Å². The Balaban J connectivity index is 1.61. The van der Waals surface area contributed by atoms with Crippen molar-refractivity contribution in [2.75, 3.05) is 31.7 Å². The van der Waals surface area contributed by atoms with Crippen molar-refractivity contribution >= 4 is 22.4 Å². The first-order valence-electron chi connectivity index (χ1n) is 11.0. The van der Waals surface area contributed by atoms with Gasteiger partial charge in [-0.05, 0) is 51.5 Å². The van der Waals surface area contributed by atoms with Crippen molar-refractivity contribution in [2.45, 2.75) is 33.6 Å². The van der Waals surface area contributed by atoms with Gasteiger partial charge >= 0.3 is 0 Å². The zero-order valence-electron chi connectivity index (χ0n) is 19.1. The predicted octanol–water partition coefficient (Wildman–Crippen LogP) is 5.00. The summed E-state index contributed by atoms with van der Waals surface area (Å²) < 4.78 is 22.8. The first kappa shape index (κ1) is 24.3. The molecule has 0 unspecified atom stereocenters. The highest BCUT2D eigenvalue weighted by molar-refractivity contribution is 7.15. The van der Waals surface area contributed by atoms with Gasteiger partial charge in [0.1, 0.15) is 10.8 Å². The van der Waals surface area contributed by atoms with Gasteiger partial charge in [0.05, 0.1) is 26.4 Å². The van der Waals surface area contributed by atoms with Gasteiger partial charge in [-0.3, -0.25) is 10.1 Å². The van der Waals surface area contributed by atoms with E-state index in [9.17, 15) is 4.79 Å². The monoisotopic (exact) mass is 471 g/mol. The molecule has 1 amide bonds. The van der Waals surface area contributed by atoms with Crippen LogP contribution in [0.15, 0.2) is 42.5 Å². The van der Waals surface area contributed by atoms with Crippen LogP contribution >= 0.6 is 11.3 Å². The lowest BCUT2D eigenvalue weighted by atomic mass is 10.1. The van der Waals surface area contributed by atoms with E-state index in [1.54, 1.807) is 12.1 Å². The predicted molar refractivity (Wildman–Crippen MR) is 128 cm³/mol. The Kier molecular flexibility index (Phi) is 9.31. The van der Waals surface area contributed by atoms with E-state index >= 15 is 0 Å².